The summed E-state index contributed by atoms with van der Waals surface area (Å²) in [6.45, 7) is 12.0. The summed E-state index contributed by atoms with van der Waals surface area (Å²) in [5.74, 6) is 0.565. The van der Waals surface area contributed by atoms with Crippen molar-refractivity contribution in [3.8, 4) is 0 Å². The molecule has 0 radical (unpaired) electrons. The summed E-state index contributed by atoms with van der Waals surface area (Å²) in [6, 6.07) is -0.795. The van der Waals surface area contributed by atoms with Crippen LogP contribution in [0.15, 0.2) is 0 Å². The predicted octanol–water partition coefficient (Wildman–Crippen LogP) is 1.94. The lowest BCUT2D eigenvalue weighted by molar-refractivity contribution is -0.159. The third-order valence-corrected chi connectivity index (χ3v) is 4.60. The first kappa shape index (κ1) is 14.4. The molecule has 2 atom stereocenters. The van der Waals surface area contributed by atoms with Crippen molar-refractivity contribution in [2.75, 3.05) is 0 Å². The molecule has 0 spiro atoms. The van der Waals surface area contributed by atoms with Crippen LogP contribution in [0.1, 0.15) is 54.4 Å². The van der Waals surface area contributed by atoms with Gasteiger partial charge in [-0.25, -0.2) is 0 Å². The van der Waals surface area contributed by atoms with Gasteiger partial charge in [0.25, 0.3) is 0 Å². The lowest BCUT2D eigenvalue weighted by Gasteiger charge is -2.49. The lowest BCUT2D eigenvalue weighted by atomic mass is 9.81. The van der Waals surface area contributed by atoms with E-state index in [2.05, 4.69) is 19.2 Å². The molecule has 2 fully saturated rings. The summed E-state index contributed by atoms with van der Waals surface area (Å²) in [4.78, 5) is 26.8. The maximum atomic E-state index is 12.8. The standard InChI is InChI=1S/C15H26N2O2/c1-9-12(18)16-11(14(2,3)4)13(19)17(9)15(5,6)10-7-8-10/h9-11H,7-8H2,1-6H3,(H,16,18). The van der Waals surface area contributed by atoms with Gasteiger partial charge < -0.3 is 10.2 Å². The molecule has 19 heavy (non-hydrogen) atoms. The van der Waals surface area contributed by atoms with Crippen LogP contribution >= 0.6 is 0 Å². The molecule has 2 amide bonds. The smallest absolute Gasteiger partial charge is 0.246 e. The molecule has 1 aliphatic heterocycles. The highest BCUT2D eigenvalue weighted by Crippen LogP contribution is 2.44. The van der Waals surface area contributed by atoms with Gasteiger partial charge in [-0.3, -0.25) is 9.59 Å². The molecule has 108 valence electrons. The number of hydrogen-bond donors (Lipinski definition) is 1. The average Bonchev–Trinajstić information content (AvgIpc) is 3.05. The number of piperazine rings is 1. The first-order valence-electron chi connectivity index (χ1n) is 7.20. The van der Waals surface area contributed by atoms with Gasteiger partial charge in [-0.05, 0) is 44.9 Å². The van der Waals surface area contributed by atoms with Crippen molar-refractivity contribution in [2.45, 2.75) is 72.0 Å². The molecule has 2 unspecified atom stereocenters. The van der Waals surface area contributed by atoms with Gasteiger partial charge in [0.2, 0.25) is 11.8 Å². The summed E-state index contributed by atoms with van der Waals surface area (Å²) >= 11 is 0. The number of rotatable bonds is 2. The predicted molar refractivity (Wildman–Crippen MR) is 74.5 cm³/mol. The largest absolute Gasteiger partial charge is 0.342 e. The molecule has 2 aliphatic rings. The van der Waals surface area contributed by atoms with E-state index < -0.39 is 6.04 Å². The fraction of sp³-hybridized carbons (Fsp3) is 0.867. The Balaban J connectivity index is 2.34. The van der Waals surface area contributed by atoms with Gasteiger partial charge in [0.05, 0.1) is 0 Å². The minimum Gasteiger partial charge on any atom is -0.342 e. The first-order chi connectivity index (χ1) is 8.56. The fourth-order valence-electron chi connectivity index (χ4n) is 3.13. The summed E-state index contributed by atoms with van der Waals surface area (Å²) in [5, 5.41) is 2.89. The molecule has 4 heteroatoms. The Morgan fingerprint density at radius 3 is 2.05 bits per heavy atom. The molecular weight excluding hydrogens is 240 g/mol. The van der Waals surface area contributed by atoms with Gasteiger partial charge >= 0.3 is 0 Å². The molecule has 1 heterocycles. The Kier molecular flexibility index (Phi) is 3.19. The second-order valence-electron chi connectivity index (χ2n) is 7.62. The maximum absolute atomic E-state index is 12.8. The van der Waals surface area contributed by atoms with Crippen LogP contribution in [-0.2, 0) is 9.59 Å². The Bertz CT molecular complexity index is 405. The van der Waals surface area contributed by atoms with E-state index in [4.69, 9.17) is 0 Å². The van der Waals surface area contributed by atoms with E-state index in [-0.39, 0.29) is 28.8 Å². The van der Waals surface area contributed by atoms with E-state index in [1.807, 2.05) is 32.6 Å². The number of nitrogens with zero attached hydrogens (tertiary/aromatic N) is 1. The Labute approximate surface area is 115 Å². The van der Waals surface area contributed by atoms with Crippen molar-refractivity contribution in [3.63, 3.8) is 0 Å². The van der Waals surface area contributed by atoms with Crippen LogP contribution in [0.2, 0.25) is 0 Å². The topological polar surface area (TPSA) is 49.4 Å². The van der Waals surface area contributed by atoms with Crippen LogP contribution in [0.5, 0.6) is 0 Å². The molecule has 1 saturated carbocycles. The van der Waals surface area contributed by atoms with Crippen molar-refractivity contribution >= 4 is 11.8 Å². The number of hydrogen-bond acceptors (Lipinski definition) is 2. The summed E-state index contributed by atoms with van der Waals surface area (Å²) in [7, 11) is 0. The normalized spacial score (nSPS) is 29.5. The summed E-state index contributed by atoms with van der Waals surface area (Å²) in [5.41, 5.74) is -0.484. The van der Waals surface area contributed by atoms with Crippen molar-refractivity contribution < 1.29 is 9.59 Å². The average molecular weight is 266 g/mol. The summed E-state index contributed by atoms with van der Waals surface area (Å²) in [6.07, 6.45) is 2.32. The van der Waals surface area contributed by atoms with Crippen LogP contribution in [0, 0.1) is 11.3 Å². The van der Waals surface area contributed by atoms with Gasteiger partial charge in [-0.15, -0.1) is 0 Å². The molecule has 2 rings (SSSR count). The number of carbonyl (C=O) groups excluding carboxylic acids is 2. The van der Waals surface area contributed by atoms with Gasteiger partial charge in [0.1, 0.15) is 12.1 Å². The van der Waals surface area contributed by atoms with E-state index in [1.165, 1.54) is 0 Å². The Morgan fingerprint density at radius 1 is 1.11 bits per heavy atom. The zero-order valence-electron chi connectivity index (χ0n) is 12.9. The molecule has 0 bridgehead atoms. The zero-order valence-corrected chi connectivity index (χ0v) is 12.9. The number of nitrogens with one attached hydrogen (secondary N) is 1. The van der Waals surface area contributed by atoms with Gasteiger partial charge in [-0.1, -0.05) is 20.8 Å². The van der Waals surface area contributed by atoms with Crippen molar-refractivity contribution in [1.29, 1.82) is 0 Å². The third kappa shape index (κ3) is 2.37. The van der Waals surface area contributed by atoms with Crippen LogP contribution in [-0.4, -0.2) is 34.3 Å². The SMILES string of the molecule is CC1C(=O)NC(C(C)(C)C)C(=O)N1C(C)(C)C1CC1. The van der Waals surface area contributed by atoms with Crippen molar-refractivity contribution in [2.24, 2.45) is 11.3 Å². The van der Waals surface area contributed by atoms with Crippen LogP contribution in [0.25, 0.3) is 0 Å². The van der Waals surface area contributed by atoms with E-state index >= 15 is 0 Å². The molecule has 1 saturated heterocycles. The van der Waals surface area contributed by atoms with E-state index in [9.17, 15) is 9.59 Å². The molecule has 0 aromatic heterocycles. The van der Waals surface area contributed by atoms with Crippen molar-refractivity contribution in [1.82, 2.24) is 10.2 Å². The minimum absolute atomic E-state index is 0.0340. The van der Waals surface area contributed by atoms with E-state index in [0.29, 0.717) is 5.92 Å². The second kappa shape index (κ2) is 4.22. The quantitative estimate of drug-likeness (QED) is 0.830. The molecule has 0 aromatic carbocycles. The van der Waals surface area contributed by atoms with Gasteiger partial charge in [0, 0.05) is 5.54 Å². The van der Waals surface area contributed by atoms with Gasteiger partial charge in [0.15, 0.2) is 0 Å². The van der Waals surface area contributed by atoms with E-state index in [1.54, 1.807) is 0 Å². The Hall–Kier alpha value is -1.06. The second-order valence-corrected chi connectivity index (χ2v) is 7.62. The molecule has 1 N–H and O–H groups in total. The highest BCUT2D eigenvalue weighted by atomic mass is 16.2. The van der Waals surface area contributed by atoms with Crippen molar-refractivity contribution in [3.05, 3.63) is 0 Å². The maximum Gasteiger partial charge on any atom is 0.246 e. The fourth-order valence-corrected chi connectivity index (χ4v) is 3.13. The molecular formula is C15H26N2O2. The van der Waals surface area contributed by atoms with Crippen LogP contribution in [0.4, 0.5) is 0 Å². The summed E-state index contributed by atoms with van der Waals surface area (Å²) < 4.78 is 0. The lowest BCUT2D eigenvalue weighted by Crippen LogP contribution is -2.70. The zero-order chi connectivity index (χ0) is 14.6. The van der Waals surface area contributed by atoms with E-state index in [0.717, 1.165) is 12.8 Å². The monoisotopic (exact) mass is 266 g/mol. The number of amides is 2. The van der Waals surface area contributed by atoms with Crippen LogP contribution in [0.3, 0.4) is 0 Å². The highest BCUT2D eigenvalue weighted by Gasteiger charge is 2.52. The minimum atomic E-state index is -0.422. The number of carbonyl (C=O) groups is 2. The molecule has 4 nitrogen and oxygen atoms in total. The highest BCUT2D eigenvalue weighted by molar-refractivity contribution is 5.97. The van der Waals surface area contributed by atoms with Gasteiger partial charge in [-0.2, -0.15) is 0 Å². The third-order valence-electron chi connectivity index (χ3n) is 4.60. The first-order valence-corrected chi connectivity index (χ1v) is 7.20. The molecule has 0 aromatic rings. The molecule has 1 aliphatic carbocycles. The van der Waals surface area contributed by atoms with Crippen LogP contribution < -0.4 is 5.32 Å². The Morgan fingerprint density at radius 2 is 1.63 bits per heavy atom.